The molecule has 4 rings (SSSR count). The number of para-hydroxylation sites is 1. The Bertz CT molecular complexity index is 1270. The Labute approximate surface area is 190 Å². The van der Waals surface area contributed by atoms with E-state index < -0.39 is 17.7 Å². The monoisotopic (exact) mass is 475 g/mol. The fraction of sp³-hybridized carbons (Fsp3) is 0.0476. The molecule has 156 valence electrons. The number of thiazole rings is 1. The first-order chi connectivity index (χ1) is 14.8. The number of cyclic esters (lactones) is 1. The van der Waals surface area contributed by atoms with Crippen LogP contribution in [0.1, 0.15) is 18.2 Å². The van der Waals surface area contributed by atoms with Gasteiger partial charge in [0.25, 0.3) is 0 Å². The Morgan fingerprint density at radius 2 is 1.97 bits per heavy atom. The van der Waals surface area contributed by atoms with E-state index in [0.717, 1.165) is 11.3 Å². The van der Waals surface area contributed by atoms with Crippen molar-refractivity contribution >= 4 is 69.2 Å². The van der Waals surface area contributed by atoms with Crippen molar-refractivity contribution in [3.8, 4) is 0 Å². The lowest BCUT2D eigenvalue weighted by atomic mass is 10.2. The molecular formula is C21H12Cl2FN3O3S. The van der Waals surface area contributed by atoms with Gasteiger partial charge in [0.15, 0.2) is 10.8 Å². The molecule has 1 aliphatic heterocycles. The fourth-order valence-electron chi connectivity index (χ4n) is 2.79. The zero-order valence-electron chi connectivity index (χ0n) is 15.8. The summed E-state index contributed by atoms with van der Waals surface area (Å²) in [6.45, 7) is 1.31. The van der Waals surface area contributed by atoms with Gasteiger partial charge in [-0.25, -0.2) is 19.2 Å². The van der Waals surface area contributed by atoms with Crippen molar-refractivity contribution in [1.29, 1.82) is 0 Å². The van der Waals surface area contributed by atoms with Crippen LogP contribution in [-0.2, 0) is 14.3 Å². The average Bonchev–Trinajstić information content (AvgIpc) is 3.33. The average molecular weight is 476 g/mol. The lowest BCUT2D eigenvalue weighted by Crippen LogP contribution is -2.23. The van der Waals surface area contributed by atoms with E-state index in [1.807, 2.05) is 0 Å². The summed E-state index contributed by atoms with van der Waals surface area (Å²) in [5.41, 5.74) is 0.975. The molecule has 0 unspecified atom stereocenters. The van der Waals surface area contributed by atoms with Gasteiger partial charge in [-0.15, -0.1) is 11.3 Å². The summed E-state index contributed by atoms with van der Waals surface area (Å²) in [7, 11) is 0. The molecule has 0 atom stereocenters. The summed E-state index contributed by atoms with van der Waals surface area (Å²) in [5, 5.41) is 2.55. The van der Waals surface area contributed by atoms with Gasteiger partial charge in [-0.3, -0.25) is 9.69 Å². The van der Waals surface area contributed by atoms with Crippen molar-refractivity contribution in [3.05, 3.63) is 80.7 Å². The first-order valence-electron chi connectivity index (χ1n) is 8.82. The molecule has 31 heavy (non-hydrogen) atoms. The lowest BCUT2D eigenvalue weighted by molar-refractivity contribution is -0.130. The zero-order valence-corrected chi connectivity index (χ0v) is 18.1. The van der Waals surface area contributed by atoms with Gasteiger partial charge in [0, 0.05) is 17.9 Å². The molecule has 0 fully saturated rings. The molecule has 2 heterocycles. The Morgan fingerprint density at radius 1 is 1.19 bits per heavy atom. The molecular weight excluding hydrogens is 464 g/mol. The van der Waals surface area contributed by atoms with Crippen molar-refractivity contribution in [3.63, 3.8) is 0 Å². The topological polar surface area (TPSA) is 71.9 Å². The number of anilines is 2. The number of halogens is 3. The van der Waals surface area contributed by atoms with E-state index >= 15 is 0 Å². The highest BCUT2D eigenvalue weighted by Crippen LogP contribution is 2.32. The van der Waals surface area contributed by atoms with Crippen LogP contribution in [0.5, 0.6) is 0 Å². The summed E-state index contributed by atoms with van der Waals surface area (Å²) in [4.78, 5) is 34.1. The van der Waals surface area contributed by atoms with E-state index in [4.69, 9.17) is 27.9 Å². The molecule has 0 spiro atoms. The first-order valence-corrected chi connectivity index (χ1v) is 10.5. The standard InChI is InChI=1S/C21H12Cl2FN3O3S/c1-11(28)27(18-5-3-2-4-16(18)24)21-25-13(10-31-21)9-17-20(29)30-19(26-17)12-6-7-14(22)15(23)8-12/h2-10H,1H3/b17-9-. The fourth-order valence-corrected chi connectivity index (χ4v) is 3.92. The van der Waals surface area contributed by atoms with Gasteiger partial charge in [0.05, 0.1) is 21.4 Å². The van der Waals surface area contributed by atoms with Crippen molar-refractivity contribution < 1.29 is 18.7 Å². The van der Waals surface area contributed by atoms with Gasteiger partial charge in [-0.05, 0) is 36.4 Å². The molecule has 1 aromatic heterocycles. The van der Waals surface area contributed by atoms with Gasteiger partial charge in [-0.1, -0.05) is 35.3 Å². The predicted molar refractivity (Wildman–Crippen MR) is 118 cm³/mol. The van der Waals surface area contributed by atoms with Crippen molar-refractivity contribution in [1.82, 2.24) is 4.98 Å². The van der Waals surface area contributed by atoms with Crippen LogP contribution >= 0.6 is 34.5 Å². The second-order valence-corrected chi connectivity index (χ2v) is 7.98. The molecule has 0 N–H and O–H groups in total. The number of nitrogens with zero attached hydrogens (tertiary/aromatic N) is 3. The number of carbonyl (C=O) groups is 2. The highest BCUT2D eigenvalue weighted by Gasteiger charge is 2.26. The van der Waals surface area contributed by atoms with Crippen LogP contribution in [0.25, 0.3) is 6.08 Å². The second kappa shape index (κ2) is 8.58. The number of hydrogen-bond donors (Lipinski definition) is 0. The number of hydrogen-bond acceptors (Lipinski definition) is 6. The lowest BCUT2D eigenvalue weighted by Gasteiger charge is -2.18. The third kappa shape index (κ3) is 4.36. The number of esters is 1. The third-order valence-corrected chi connectivity index (χ3v) is 5.76. The smallest absolute Gasteiger partial charge is 0.363 e. The summed E-state index contributed by atoms with van der Waals surface area (Å²) in [6.07, 6.45) is 1.42. The summed E-state index contributed by atoms with van der Waals surface area (Å²) < 4.78 is 19.4. The van der Waals surface area contributed by atoms with Crippen LogP contribution in [0.15, 0.2) is 58.5 Å². The van der Waals surface area contributed by atoms with Crippen molar-refractivity contribution in [2.45, 2.75) is 6.92 Å². The summed E-state index contributed by atoms with van der Waals surface area (Å²) in [5.74, 6) is -1.53. The quantitative estimate of drug-likeness (QED) is 0.362. The van der Waals surface area contributed by atoms with E-state index in [1.54, 1.807) is 29.6 Å². The van der Waals surface area contributed by atoms with Crippen molar-refractivity contribution in [2.24, 2.45) is 4.99 Å². The van der Waals surface area contributed by atoms with E-state index in [2.05, 4.69) is 9.98 Å². The summed E-state index contributed by atoms with van der Waals surface area (Å²) >= 11 is 13.0. The predicted octanol–water partition coefficient (Wildman–Crippen LogP) is 5.62. The molecule has 3 aromatic rings. The van der Waals surface area contributed by atoms with E-state index in [9.17, 15) is 14.0 Å². The van der Waals surface area contributed by atoms with Gasteiger partial charge in [-0.2, -0.15) is 0 Å². The van der Waals surface area contributed by atoms with Gasteiger partial charge < -0.3 is 4.74 Å². The van der Waals surface area contributed by atoms with E-state index in [-0.39, 0.29) is 22.4 Å². The molecule has 2 aromatic carbocycles. The van der Waals surface area contributed by atoms with Gasteiger partial charge in [0.1, 0.15) is 5.82 Å². The minimum atomic E-state index is -0.659. The zero-order chi connectivity index (χ0) is 22.1. The molecule has 0 radical (unpaired) electrons. The molecule has 1 amide bonds. The minimum absolute atomic E-state index is 0.0261. The Balaban J connectivity index is 1.65. The first kappa shape index (κ1) is 21.2. The second-order valence-electron chi connectivity index (χ2n) is 6.33. The Morgan fingerprint density at radius 3 is 2.68 bits per heavy atom. The van der Waals surface area contributed by atoms with Crippen LogP contribution in [0.3, 0.4) is 0 Å². The van der Waals surface area contributed by atoms with Crippen LogP contribution in [0, 0.1) is 5.82 Å². The molecule has 0 bridgehead atoms. The molecule has 1 aliphatic rings. The third-order valence-electron chi connectivity index (χ3n) is 4.18. The maximum atomic E-state index is 14.2. The van der Waals surface area contributed by atoms with Crippen LogP contribution in [-0.4, -0.2) is 22.8 Å². The maximum Gasteiger partial charge on any atom is 0.363 e. The molecule has 0 saturated heterocycles. The van der Waals surface area contributed by atoms with Gasteiger partial charge >= 0.3 is 5.97 Å². The molecule has 0 saturated carbocycles. The van der Waals surface area contributed by atoms with E-state index in [1.165, 1.54) is 36.1 Å². The van der Waals surface area contributed by atoms with Crippen LogP contribution in [0.4, 0.5) is 15.2 Å². The van der Waals surface area contributed by atoms with Crippen LogP contribution < -0.4 is 4.90 Å². The molecule has 10 heteroatoms. The van der Waals surface area contributed by atoms with Gasteiger partial charge in [0.2, 0.25) is 11.8 Å². The summed E-state index contributed by atoms with van der Waals surface area (Å²) in [6, 6.07) is 10.6. The minimum Gasteiger partial charge on any atom is -0.402 e. The number of carbonyl (C=O) groups excluding carboxylic acids is 2. The number of amides is 1. The van der Waals surface area contributed by atoms with Crippen LogP contribution in [0.2, 0.25) is 10.0 Å². The number of aliphatic imine (C=N–C) groups is 1. The largest absolute Gasteiger partial charge is 0.402 e. The number of benzene rings is 2. The number of ether oxygens (including phenoxy) is 1. The molecule has 6 nitrogen and oxygen atoms in total. The number of aromatic nitrogens is 1. The highest BCUT2D eigenvalue weighted by atomic mass is 35.5. The maximum absolute atomic E-state index is 14.2. The Hall–Kier alpha value is -3.07. The highest BCUT2D eigenvalue weighted by molar-refractivity contribution is 7.14. The normalized spacial score (nSPS) is 14.5. The van der Waals surface area contributed by atoms with E-state index in [0.29, 0.717) is 21.3 Å². The SMILES string of the molecule is CC(=O)N(c1nc(/C=C2\N=C(c3ccc(Cl)c(Cl)c3)OC2=O)cs1)c1ccccc1F. The molecule has 0 aliphatic carbocycles. The Kier molecular flexibility index (Phi) is 5.86. The number of rotatable bonds is 4. The van der Waals surface area contributed by atoms with Crippen molar-refractivity contribution in [2.75, 3.05) is 4.90 Å².